The molecule has 20 heavy (non-hydrogen) atoms. The summed E-state index contributed by atoms with van der Waals surface area (Å²) in [6, 6.07) is 0. The molecular weight excluding hydrogens is 254 g/mol. The van der Waals surface area contributed by atoms with Gasteiger partial charge in [-0.3, -0.25) is 4.79 Å². The largest absolute Gasteiger partial charge is 0.381 e. The van der Waals surface area contributed by atoms with E-state index in [-0.39, 0.29) is 5.91 Å². The summed E-state index contributed by atoms with van der Waals surface area (Å²) < 4.78 is 5.59. The van der Waals surface area contributed by atoms with E-state index in [0.29, 0.717) is 11.5 Å². The van der Waals surface area contributed by atoms with Crippen LogP contribution in [0.5, 0.6) is 0 Å². The van der Waals surface area contributed by atoms with Crippen molar-refractivity contribution in [1.82, 2.24) is 14.9 Å². The molecule has 0 spiro atoms. The highest BCUT2D eigenvalue weighted by Crippen LogP contribution is 2.21. The summed E-state index contributed by atoms with van der Waals surface area (Å²) in [5.74, 6) is 0.509. The summed E-state index contributed by atoms with van der Waals surface area (Å²) >= 11 is 0. The zero-order valence-electron chi connectivity index (χ0n) is 12.6. The van der Waals surface area contributed by atoms with Crippen molar-refractivity contribution in [1.29, 1.82) is 0 Å². The maximum Gasteiger partial charge on any atom is 0.257 e. The Morgan fingerprint density at radius 3 is 2.75 bits per heavy atom. The summed E-state index contributed by atoms with van der Waals surface area (Å²) in [6.07, 6.45) is 3.56. The Morgan fingerprint density at radius 1 is 1.40 bits per heavy atom. The minimum atomic E-state index is 0.0543. The average molecular weight is 277 g/mol. The van der Waals surface area contributed by atoms with Gasteiger partial charge in [0.15, 0.2) is 0 Å². The highest BCUT2D eigenvalue weighted by Gasteiger charge is 2.29. The Balaban J connectivity index is 1.98. The van der Waals surface area contributed by atoms with Crippen molar-refractivity contribution >= 4 is 5.91 Å². The van der Waals surface area contributed by atoms with Crippen LogP contribution in [0.1, 0.15) is 41.5 Å². The van der Waals surface area contributed by atoms with Gasteiger partial charge in [-0.2, -0.15) is 0 Å². The van der Waals surface area contributed by atoms with Gasteiger partial charge in [0, 0.05) is 25.6 Å². The quantitative estimate of drug-likeness (QED) is 0.772. The maximum absolute atomic E-state index is 12.6. The van der Waals surface area contributed by atoms with Gasteiger partial charge in [0.25, 0.3) is 5.91 Å². The molecule has 2 rings (SSSR count). The molecule has 0 aromatic carbocycles. The van der Waals surface area contributed by atoms with Crippen LogP contribution in [-0.4, -0.2) is 47.1 Å². The molecular formula is C15H23N3O2. The summed E-state index contributed by atoms with van der Waals surface area (Å²) in [5.41, 5.74) is 2.17. The number of carbonyl (C=O) groups is 1. The van der Waals surface area contributed by atoms with Crippen LogP contribution in [0, 0.1) is 19.8 Å². The second kappa shape index (κ2) is 6.79. The van der Waals surface area contributed by atoms with Crippen LogP contribution < -0.4 is 0 Å². The van der Waals surface area contributed by atoms with Gasteiger partial charge in [-0.15, -0.1) is 0 Å². The highest BCUT2D eigenvalue weighted by molar-refractivity contribution is 5.96. The summed E-state index contributed by atoms with van der Waals surface area (Å²) in [4.78, 5) is 22.7. The van der Waals surface area contributed by atoms with Crippen LogP contribution in [-0.2, 0) is 4.74 Å². The molecule has 1 atom stereocenters. The monoisotopic (exact) mass is 277 g/mol. The fourth-order valence-electron chi connectivity index (χ4n) is 2.61. The molecule has 0 aliphatic carbocycles. The minimum absolute atomic E-state index is 0.0543. The lowest BCUT2D eigenvalue weighted by molar-refractivity contribution is 0.0752. The van der Waals surface area contributed by atoms with E-state index in [0.717, 1.165) is 50.5 Å². The molecule has 2 heterocycles. The normalized spacial score (nSPS) is 18.6. The summed E-state index contributed by atoms with van der Waals surface area (Å²) in [5, 5.41) is 0. The molecule has 1 aromatic heterocycles. The number of aryl methyl sites for hydroxylation is 2. The predicted molar refractivity (Wildman–Crippen MR) is 76.6 cm³/mol. The molecule has 1 aliphatic heterocycles. The van der Waals surface area contributed by atoms with Gasteiger partial charge in [0.2, 0.25) is 0 Å². The van der Waals surface area contributed by atoms with Gasteiger partial charge in [0.1, 0.15) is 6.33 Å². The number of likely N-dealkylation sites (tertiary alicyclic amines) is 1. The maximum atomic E-state index is 12.6. The summed E-state index contributed by atoms with van der Waals surface area (Å²) in [6.45, 7) is 8.95. The van der Waals surface area contributed by atoms with Crippen molar-refractivity contribution in [3.63, 3.8) is 0 Å². The number of aromatic nitrogens is 2. The molecule has 0 bridgehead atoms. The van der Waals surface area contributed by atoms with Crippen LogP contribution in [0.3, 0.4) is 0 Å². The molecule has 0 N–H and O–H groups in total. The first-order valence-corrected chi connectivity index (χ1v) is 7.28. The third kappa shape index (κ3) is 3.33. The van der Waals surface area contributed by atoms with Crippen molar-refractivity contribution in [3.8, 4) is 0 Å². The second-order valence-corrected chi connectivity index (χ2v) is 5.40. The fourth-order valence-corrected chi connectivity index (χ4v) is 2.61. The second-order valence-electron chi connectivity index (χ2n) is 5.40. The lowest BCUT2D eigenvalue weighted by atomic mass is 10.1. The lowest BCUT2D eigenvalue weighted by Crippen LogP contribution is -2.31. The minimum Gasteiger partial charge on any atom is -0.381 e. The molecule has 0 unspecified atom stereocenters. The van der Waals surface area contributed by atoms with Gasteiger partial charge in [-0.05, 0) is 26.7 Å². The number of rotatable bonds is 5. The van der Waals surface area contributed by atoms with Crippen molar-refractivity contribution in [2.75, 3.05) is 26.3 Å². The van der Waals surface area contributed by atoms with Gasteiger partial charge in [-0.25, -0.2) is 9.97 Å². The average Bonchev–Trinajstić information content (AvgIpc) is 2.87. The third-order valence-electron chi connectivity index (χ3n) is 3.72. The first-order chi connectivity index (χ1) is 9.63. The predicted octanol–water partition coefficient (Wildman–Crippen LogP) is 1.98. The van der Waals surface area contributed by atoms with Crippen LogP contribution in [0.4, 0.5) is 0 Å². The number of nitrogens with zero attached hydrogens (tertiary/aromatic N) is 3. The van der Waals surface area contributed by atoms with E-state index in [9.17, 15) is 4.79 Å². The Hall–Kier alpha value is -1.49. The number of hydrogen-bond donors (Lipinski definition) is 0. The Morgan fingerprint density at radius 2 is 2.10 bits per heavy atom. The molecule has 1 aromatic rings. The molecule has 0 radical (unpaired) electrons. The number of carbonyl (C=O) groups excluding carboxylic acids is 1. The van der Waals surface area contributed by atoms with Crippen molar-refractivity contribution in [2.24, 2.45) is 5.92 Å². The molecule has 5 heteroatoms. The van der Waals surface area contributed by atoms with Gasteiger partial charge in [-0.1, -0.05) is 6.92 Å². The number of ether oxygens (including phenoxy) is 1. The van der Waals surface area contributed by atoms with Crippen molar-refractivity contribution in [3.05, 3.63) is 23.3 Å². The van der Waals surface area contributed by atoms with E-state index in [2.05, 4.69) is 16.9 Å². The van der Waals surface area contributed by atoms with Crippen molar-refractivity contribution in [2.45, 2.75) is 33.6 Å². The molecule has 1 amide bonds. The topological polar surface area (TPSA) is 55.3 Å². The number of hydrogen-bond acceptors (Lipinski definition) is 4. The highest BCUT2D eigenvalue weighted by atomic mass is 16.5. The third-order valence-corrected chi connectivity index (χ3v) is 3.72. The lowest BCUT2D eigenvalue weighted by Gasteiger charge is -2.18. The summed E-state index contributed by atoms with van der Waals surface area (Å²) in [7, 11) is 0. The van der Waals surface area contributed by atoms with Crippen LogP contribution >= 0.6 is 0 Å². The fraction of sp³-hybridized carbons (Fsp3) is 0.667. The molecule has 1 fully saturated rings. The Bertz CT molecular complexity index is 456. The smallest absolute Gasteiger partial charge is 0.257 e. The standard InChI is InChI=1S/C15H23N3O2/c1-4-7-20-9-13-5-6-18(8-13)15(19)14-11(2)16-10-17-12(14)3/h10,13H,4-9H2,1-3H3/t13-/m0/s1. The van der Waals surface area contributed by atoms with E-state index in [1.807, 2.05) is 18.7 Å². The Kier molecular flexibility index (Phi) is 5.06. The molecule has 1 saturated heterocycles. The first kappa shape index (κ1) is 14.9. The molecule has 1 aliphatic rings. The van der Waals surface area contributed by atoms with Crippen molar-refractivity contribution < 1.29 is 9.53 Å². The van der Waals surface area contributed by atoms with Crippen LogP contribution in [0.25, 0.3) is 0 Å². The molecule has 0 saturated carbocycles. The van der Waals surface area contributed by atoms with Gasteiger partial charge in [0.05, 0.1) is 23.6 Å². The van der Waals surface area contributed by atoms with E-state index < -0.39 is 0 Å². The van der Waals surface area contributed by atoms with Gasteiger partial charge < -0.3 is 9.64 Å². The first-order valence-electron chi connectivity index (χ1n) is 7.28. The molecule has 110 valence electrons. The SMILES string of the molecule is CCCOC[C@H]1CCN(C(=O)c2c(C)ncnc2C)C1. The Labute approximate surface area is 120 Å². The van der Waals surface area contributed by atoms with E-state index in [1.165, 1.54) is 6.33 Å². The van der Waals surface area contributed by atoms with E-state index in [4.69, 9.17) is 4.74 Å². The zero-order chi connectivity index (χ0) is 14.5. The van der Waals surface area contributed by atoms with Crippen LogP contribution in [0.15, 0.2) is 6.33 Å². The number of amides is 1. The zero-order valence-corrected chi connectivity index (χ0v) is 12.6. The molecule has 5 nitrogen and oxygen atoms in total. The van der Waals surface area contributed by atoms with Gasteiger partial charge >= 0.3 is 0 Å². The van der Waals surface area contributed by atoms with E-state index in [1.54, 1.807) is 0 Å². The van der Waals surface area contributed by atoms with Crippen LogP contribution in [0.2, 0.25) is 0 Å². The van der Waals surface area contributed by atoms with E-state index >= 15 is 0 Å².